The molecule has 0 aliphatic carbocycles. The first-order chi connectivity index (χ1) is 8.36. The normalized spacial score (nSPS) is 18.9. The second kappa shape index (κ2) is 6.03. The van der Waals surface area contributed by atoms with Crippen molar-refractivity contribution in [1.82, 2.24) is 10.2 Å². The average molecular weight is 234 g/mol. The topological polar surface area (TPSA) is 24.5 Å². The summed E-state index contributed by atoms with van der Waals surface area (Å²) in [6.07, 6.45) is 1.13. The van der Waals surface area contributed by atoms with Gasteiger partial charge in [-0.3, -0.25) is 4.90 Å². The van der Waals surface area contributed by atoms with E-state index in [1.807, 2.05) is 6.07 Å². The molecular weight excluding hydrogens is 212 g/mol. The molecular formula is C14H22N2O. The summed E-state index contributed by atoms with van der Waals surface area (Å²) in [5.74, 6) is 1.01. The van der Waals surface area contributed by atoms with E-state index < -0.39 is 0 Å². The summed E-state index contributed by atoms with van der Waals surface area (Å²) in [6, 6.07) is 8.86. The second-order valence-corrected chi connectivity index (χ2v) is 4.45. The van der Waals surface area contributed by atoms with Crippen molar-refractivity contribution >= 4 is 0 Å². The maximum atomic E-state index is 5.48. The Morgan fingerprint density at radius 2 is 2.00 bits per heavy atom. The summed E-state index contributed by atoms with van der Waals surface area (Å²) >= 11 is 0. The molecule has 1 heterocycles. The van der Waals surface area contributed by atoms with Gasteiger partial charge in [0.25, 0.3) is 0 Å². The van der Waals surface area contributed by atoms with Crippen molar-refractivity contribution in [3.8, 4) is 5.75 Å². The van der Waals surface area contributed by atoms with E-state index in [0.717, 1.165) is 38.3 Å². The number of hydrogen-bond donors (Lipinski definition) is 1. The van der Waals surface area contributed by atoms with Crippen molar-refractivity contribution in [1.29, 1.82) is 0 Å². The Bertz CT molecular complexity index is 348. The van der Waals surface area contributed by atoms with Crippen molar-refractivity contribution in [3.05, 3.63) is 29.8 Å². The van der Waals surface area contributed by atoms with E-state index in [4.69, 9.17) is 4.74 Å². The number of nitrogens with one attached hydrogen (secondary N) is 1. The van der Waals surface area contributed by atoms with Gasteiger partial charge >= 0.3 is 0 Å². The Labute approximate surface area is 104 Å². The smallest absolute Gasteiger partial charge is 0.123 e. The van der Waals surface area contributed by atoms with Crippen molar-refractivity contribution in [2.75, 3.05) is 33.3 Å². The highest BCUT2D eigenvalue weighted by atomic mass is 16.5. The lowest BCUT2D eigenvalue weighted by molar-refractivity contribution is 0.166. The summed E-state index contributed by atoms with van der Waals surface area (Å²) in [4.78, 5) is 2.55. The van der Waals surface area contributed by atoms with Gasteiger partial charge in [-0.1, -0.05) is 25.1 Å². The first-order valence-corrected chi connectivity index (χ1v) is 6.44. The van der Waals surface area contributed by atoms with Crippen LogP contribution in [0.4, 0.5) is 0 Å². The molecule has 1 aliphatic rings. The van der Waals surface area contributed by atoms with Crippen LogP contribution in [0.3, 0.4) is 0 Å². The molecule has 1 saturated heterocycles. The molecule has 1 aromatic carbocycles. The predicted octanol–water partition coefficient (Wildman–Crippen LogP) is 2.05. The third-order valence-corrected chi connectivity index (χ3v) is 3.48. The van der Waals surface area contributed by atoms with E-state index in [1.54, 1.807) is 7.11 Å². The van der Waals surface area contributed by atoms with Crippen LogP contribution in [-0.2, 0) is 0 Å². The number of methoxy groups -OCH3 is 1. The van der Waals surface area contributed by atoms with E-state index >= 15 is 0 Å². The van der Waals surface area contributed by atoms with Gasteiger partial charge in [-0.2, -0.15) is 0 Å². The molecule has 17 heavy (non-hydrogen) atoms. The zero-order chi connectivity index (χ0) is 12.1. The lowest BCUT2D eigenvalue weighted by atomic mass is 10.0. The number of nitrogens with zero attached hydrogens (tertiary/aromatic N) is 1. The Morgan fingerprint density at radius 3 is 2.65 bits per heavy atom. The summed E-state index contributed by atoms with van der Waals surface area (Å²) in [5.41, 5.74) is 1.32. The Balaban J connectivity index is 2.21. The molecule has 2 rings (SSSR count). The number of para-hydroxylation sites is 1. The molecule has 3 nitrogen and oxygen atoms in total. The van der Waals surface area contributed by atoms with Gasteiger partial charge in [0.2, 0.25) is 0 Å². The van der Waals surface area contributed by atoms with Gasteiger partial charge in [-0.25, -0.2) is 0 Å². The second-order valence-electron chi connectivity index (χ2n) is 4.45. The summed E-state index contributed by atoms with van der Waals surface area (Å²) in [5, 5.41) is 3.40. The molecule has 1 N–H and O–H groups in total. The van der Waals surface area contributed by atoms with Gasteiger partial charge in [0.1, 0.15) is 5.75 Å². The van der Waals surface area contributed by atoms with Gasteiger partial charge in [0.05, 0.1) is 7.11 Å². The van der Waals surface area contributed by atoms with Crippen LogP contribution >= 0.6 is 0 Å². The fourth-order valence-electron chi connectivity index (χ4n) is 2.61. The third-order valence-electron chi connectivity index (χ3n) is 3.48. The van der Waals surface area contributed by atoms with E-state index in [1.165, 1.54) is 5.56 Å². The zero-order valence-electron chi connectivity index (χ0n) is 10.8. The number of benzene rings is 1. The fraction of sp³-hybridized carbons (Fsp3) is 0.571. The average Bonchev–Trinajstić information content (AvgIpc) is 2.41. The van der Waals surface area contributed by atoms with Gasteiger partial charge in [0.15, 0.2) is 0 Å². The first kappa shape index (κ1) is 12.4. The lowest BCUT2D eigenvalue weighted by Gasteiger charge is -2.35. The van der Waals surface area contributed by atoms with Crippen LogP contribution in [0.25, 0.3) is 0 Å². The molecule has 0 saturated carbocycles. The van der Waals surface area contributed by atoms with Crippen molar-refractivity contribution in [2.24, 2.45) is 0 Å². The largest absolute Gasteiger partial charge is 0.496 e. The standard InChI is InChI=1S/C14H22N2O/c1-3-13(16-10-8-15-9-11-16)12-6-4-5-7-14(12)17-2/h4-7,13,15H,3,8-11H2,1-2H3. The van der Waals surface area contributed by atoms with Crippen LogP contribution in [0.1, 0.15) is 24.9 Å². The van der Waals surface area contributed by atoms with E-state index in [9.17, 15) is 0 Å². The van der Waals surface area contributed by atoms with Gasteiger partial charge in [-0.15, -0.1) is 0 Å². The van der Waals surface area contributed by atoms with E-state index in [2.05, 4.69) is 35.3 Å². The molecule has 0 amide bonds. The summed E-state index contributed by atoms with van der Waals surface area (Å²) in [6.45, 7) is 6.67. The molecule has 1 fully saturated rings. The van der Waals surface area contributed by atoms with Gasteiger partial charge < -0.3 is 10.1 Å². The highest BCUT2D eigenvalue weighted by molar-refractivity contribution is 5.35. The van der Waals surface area contributed by atoms with Crippen LogP contribution in [0.15, 0.2) is 24.3 Å². The van der Waals surface area contributed by atoms with Crippen LogP contribution in [-0.4, -0.2) is 38.2 Å². The molecule has 1 aromatic rings. The number of rotatable bonds is 4. The minimum atomic E-state index is 0.480. The van der Waals surface area contributed by atoms with Crippen LogP contribution < -0.4 is 10.1 Å². The van der Waals surface area contributed by atoms with Crippen LogP contribution in [0.5, 0.6) is 5.75 Å². The summed E-state index contributed by atoms with van der Waals surface area (Å²) < 4.78 is 5.48. The molecule has 0 radical (unpaired) electrons. The lowest BCUT2D eigenvalue weighted by Crippen LogP contribution is -2.45. The predicted molar refractivity (Wildman–Crippen MR) is 70.5 cm³/mol. The molecule has 1 atom stereocenters. The Kier molecular flexibility index (Phi) is 4.40. The number of ether oxygens (including phenoxy) is 1. The van der Waals surface area contributed by atoms with E-state index in [-0.39, 0.29) is 0 Å². The zero-order valence-corrected chi connectivity index (χ0v) is 10.8. The Hall–Kier alpha value is -1.06. The monoisotopic (exact) mass is 234 g/mol. The molecule has 1 aliphatic heterocycles. The van der Waals surface area contributed by atoms with Gasteiger partial charge in [0, 0.05) is 37.8 Å². The van der Waals surface area contributed by atoms with Crippen LogP contribution in [0.2, 0.25) is 0 Å². The first-order valence-electron chi connectivity index (χ1n) is 6.44. The van der Waals surface area contributed by atoms with Crippen molar-refractivity contribution in [2.45, 2.75) is 19.4 Å². The third kappa shape index (κ3) is 2.79. The molecule has 3 heteroatoms. The molecule has 0 aromatic heterocycles. The quantitative estimate of drug-likeness (QED) is 0.863. The molecule has 1 unspecified atom stereocenters. The Morgan fingerprint density at radius 1 is 1.29 bits per heavy atom. The minimum absolute atomic E-state index is 0.480. The highest BCUT2D eigenvalue weighted by Crippen LogP contribution is 2.31. The van der Waals surface area contributed by atoms with Crippen molar-refractivity contribution in [3.63, 3.8) is 0 Å². The summed E-state index contributed by atoms with van der Waals surface area (Å²) in [7, 11) is 1.75. The number of hydrogen-bond acceptors (Lipinski definition) is 3. The minimum Gasteiger partial charge on any atom is -0.496 e. The fourth-order valence-corrected chi connectivity index (χ4v) is 2.61. The maximum absolute atomic E-state index is 5.48. The highest BCUT2D eigenvalue weighted by Gasteiger charge is 2.22. The van der Waals surface area contributed by atoms with Crippen LogP contribution in [0, 0.1) is 0 Å². The van der Waals surface area contributed by atoms with Crippen molar-refractivity contribution < 1.29 is 4.74 Å². The van der Waals surface area contributed by atoms with E-state index in [0.29, 0.717) is 6.04 Å². The number of piperazine rings is 1. The molecule has 94 valence electrons. The molecule has 0 bridgehead atoms. The maximum Gasteiger partial charge on any atom is 0.123 e. The molecule has 0 spiro atoms. The SMILES string of the molecule is CCC(c1ccccc1OC)N1CCNCC1. The van der Waals surface area contributed by atoms with Gasteiger partial charge in [-0.05, 0) is 12.5 Å².